The van der Waals surface area contributed by atoms with E-state index in [1.165, 1.54) is 11.1 Å². The quantitative estimate of drug-likeness (QED) is 0.616. The highest BCUT2D eigenvalue weighted by Crippen LogP contribution is 2.13. The van der Waals surface area contributed by atoms with Gasteiger partial charge in [0.05, 0.1) is 6.54 Å². The molecule has 0 unspecified atom stereocenters. The predicted molar refractivity (Wildman–Crippen MR) is 117 cm³/mol. The number of rotatable bonds is 6. The second-order valence-electron chi connectivity index (χ2n) is 7.39. The first-order valence-corrected chi connectivity index (χ1v) is 10.1. The molecule has 0 atom stereocenters. The molecule has 0 amide bonds. The monoisotopic (exact) mass is 380 g/mol. The molecule has 0 radical (unpaired) electrons. The Kier molecular flexibility index (Phi) is 7.25. The van der Waals surface area contributed by atoms with Crippen LogP contribution in [0.4, 0.5) is 5.82 Å². The van der Waals surface area contributed by atoms with E-state index >= 15 is 0 Å². The van der Waals surface area contributed by atoms with E-state index in [2.05, 4.69) is 76.4 Å². The topological polar surface area (TPSA) is 47.0 Å². The van der Waals surface area contributed by atoms with Gasteiger partial charge in [0.2, 0.25) is 0 Å². The van der Waals surface area contributed by atoms with Gasteiger partial charge in [-0.05, 0) is 44.3 Å². The lowest BCUT2D eigenvalue weighted by molar-refractivity contribution is 0.371. The van der Waals surface area contributed by atoms with Crippen molar-refractivity contribution >= 4 is 11.8 Å². The normalized spacial score (nSPS) is 15.2. The fourth-order valence-electron chi connectivity index (χ4n) is 3.47. The second kappa shape index (κ2) is 10.1. The van der Waals surface area contributed by atoms with Gasteiger partial charge in [0, 0.05) is 45.5 Å². The van der Waals surface area contributed by atoms with Crippen LogP contribution >= 0.6 is 0 Å². The van der Waals surface area contributed by atoms with Crippen molar-refractivity contribution in [1.82, 2.24) is 20.1 Å². The number of guanidine groups is 1. The molecular formula is C22H32N6. The third-order valence-electron chi connectivity index (χ3n) is 4.79. The van der Waals surface area contributed by atoms with Crippen molar-refractivity contribution in [3.63, 3.8) is 0 Å². The Labute approximate surface area is 168 Å². The molecule has 3 rings (SSSR count). The summed E-state index contributed by atoms with van der Waals surface area (Å²) in [7, 11) is 4.19. The molecule has 6 nitrogen and oxygen atoms in total. The minimum absolute atomic E-state index is 0.698. The van der Waals surface area contributed by atoms with Crippen LogP contribution < -0.4 is 10.2 Å². The molecule has 1 fully saturated rings. The van der Waals surface area contributed by atoms with E-state index in [4.69, 9.17) is 4.99 Å². The van der Waals surface area contributed by atoms with Crippen LogP contribution in [0.15, 0.2) is 53.7 Å². The maximum atomic E-state index is 4.91. The number of hydrogen-bond donors (Lipinski definition) is 1. The van der Waals surface area contributed by atoms with Crippen LogP contribution in [0.2, 0.25) is 0 Å². The van der Waals surface area contributed by atoms with Gasteiger partial charge in [0.25, 0.3) is 0 Å². The van der Waals surface area contributed by atoms with Gasteiger partial charge in [-0.3, -0.25) is 0 Å². The first kappa shape index (κ1) is 20.1. The lowest BCUT2D eigenvalue weighted by atomic mass is 10.1. The van der Waals surface area contributed by atoms with Gasteiger partial charge in [-0.25, -0.2) is 9.98 Å². The van der Waals surface area contributed by atoms with Gasteiger partial charge in [-0.15, -0.1) is 0 Å². The third kappa shape index (κ3) is 5.70. The van der Waals surface area contributed by atoms with Gasteiger partial charge in [0.15, 0.2) is 5.96 Å². The number of nitrogens with one attached hydrogen (secondary N) is 1. The smallest absolute Gasteiger partial charge is 0.194 e. The first-order valence-electron chi connectivity index (χ1n) is 10.1. The van der Waals surface area contributed by atoms with E-state index in [1.54, 1.807) is 0 Å². The van der Waals surface area contributed by atoms with Crippen LogP contribution in [-0.2, 0) is 13.1 Å². The largest absolute Gasteiger partial charge is 0.357 e. The van der Waals surface area contributed by atoms with Crippen LogP contribution in [0.1, 0.15) is 18.1 Å². The number of nitrogens with zero attached hydrogens (tertiary/aromatic N) is 5. The van der Waals surface area contributed by atoms with Crippen molar-refractivity contribution < 1.29 is 0 Å². The molecule has 0 bridgehead atoms. The fraction of sp³-hybridized carbons (Fsp3) is 0.455. The fourth-order valence-corrected chi connectivity index (χ4v) is 3.47. The summed E-state index contributed by atoms with van der Waals surface area (Å²) in [5.74, 6) is 2.06. The maximum Gasteiger partial charge on any atom is 0.194 e. The predicted octanol–water partition coefficient (Wildman–Crippen LogP) is 2.43. The summed E-state index contributed by atoms with van der Waals surface area (Å²) in [5, 5.41) is 3.46. The molecule has 1 aliphatic heterocycles. The number of pyridine rings is 1. The molecule has 1 saturated heterocycles. The molecular weight excluding hydrogens is 348 g/mol. The van der Waals surface area contributed by atoms with Gasteiger partial charge in [-0.1, -0.05) is 30.3 Å². The zero-order chi connectivity index (χ0) is 19.8. The van der Waals surface area contributed by atoms with Crippen molar-refractivity contribution in [2.24, 2.45) is 4.99 Å². The van der Waals surface area contributed by atoms with Crippen LogP contribution in [0.25, 0.3) is 0 Å². The maximum absolute atomic E-state index is 4.91. The lowest BCUT2D eigenvalue weighted by Crippen LogP contribution is -2.52. The summed E-state index contributed by atoms with van der Waals surface area (Å²) in [4.78, 5) is 16.3. The Morgan fingerprint density at radius 3 is 2.54 bits per heavy atom. The SMILES string of the molecule is CCNC(=NCc1cccc(CN(C)C)c1)N1CCN(c2ccccn2)CC1. The Morgan fingerprint density at radius 1 is 1.07 bits per heavy atom. The van der Waals surface area contributed by atoms with E-state index in [0.717, 1.165) is 51.0 Å². The van der Waals surface area contributed by atoms with Crippen LogP contribution in [0.3, 0.4) is 0 Å². The first-order chi connectivity index (χ1) is 13.7. The van der Waals surface area contributed by atoms with Crippen LogP contribution in [0, 0.1) is 0 Å². The minimum Gasteiger partial charge on any atom is -0.357 e. The third-order valence-corrected chi connectivity index (χ3v) is 4.79. The average Bonchev–Trinajstić information content (AvgIpc) is 2.72. The minimum atomic E-state index is 0.698. The molecule has 0 saturated carbocycles. The van der Waals surface area contributed by atoms with Gasteiger partial charge in [-0.2, -0.15) is 0 Å². The number of hydrogen-bond acceptors (Lipinski definition) is 4. The number of benzene rings is 1. The molecule has 150 valence electrons. The Balaban J connectivity index is 1.62. The van der Waals surface area contributed by atoms with Crippen molar-refractivity contribution in [1.29, 1.82) is 0 Å². The molecule has 1 aliphatic rings. The Morgan fingerprint density at radius 2 is 1.86 bits per heavy atom. The molecule has 0 aliphatic carbocycles. The molecule has 2 aromatic rings. The van der Waals surface area contributed by atoms with Crippen LogP contribution in [-0.4, -0.2) is 67.6 Å². The van der Waals surface area contributed by atoms with Gasteiger partial charge in [0.1, 0.15) is 5.82 Å². The van der Waals surface area contributed by atoms with E-state index in [1.807, 2.05) is 18.3 Å². The zero-order valence-electron chi connectivity index (χ0n) is 17.3. The van der Waals surface area contributed by atoms with Gasteiger partial charge < -0.3 is 20.0 Å². The summed E-state index contributed by atoms with van der Waals surface area (Å²) in [6.45, 7) is 8.46. The van der Waals surface area contributed by atoms with Crippen molar-refractivity contribution in [3.05, 3.63) is 59.8 Å². The molecule has 1 N–H and O–H groups in total. The zero-order valence-corrected chi connectivity index (χ0v) is 17.3. The van der Waals surface area contributed by atoms with E-state index < -0.39 is 0 Å². The Bertz CT molecular complexity index is 751. The number of piperazine rings is 1. The molecule has 28 heavy (non-hydrogen) atoms. The summed E-state index contributed by atoms with van der Waals surface area (Å²) in [5.41, 5.74) is 2.58. The summed E-state index contributed by atoms with van der Waals surface area (Å²) < 4.78 is 0. The Hall–Kier alpha value is -2.60. The summed E-state index contributed by atoms with van der Waals surface area (Å²) in [6.07, 6.45) is 1.86. The molecule has 1 aromatic carbocycles. The van der Waals surface area contributed by atoms with Gasteiger partial charge >= 0.3 is 0 Å². The van der Waals surface area contributed by atoms with E-state index in [0.29, 0.717) is 6.54 Å². The average molecular weight is 381 g/mol. The van der Waals surface area contributed by atoms with E-state index in [-0.39, 0.29) is 0 Å². The molecule has 2 heterocycles. The van der Waals surface area contributed by atoms with Crippen LogP contribution in [0.5, 0.6) is 0 Å². The highest BCUT2D eigenvalue weighted by atomic mass is 15.4. The molecule has 6 heteroatoms. The number of anilines is 1. The van der Waals surface area contributed by atoms with Crippen molar-refractivity contribution in [2.75, 3.05) is 51.7 Å². The van der Waals surface area contributed by atoms with E-state index in [9.17, 15) is 0 Å². The number of aromatic nitrogens is 1. The molecule has 0 spiro atoms. The van der Waals surface area contributed by atoms with Crippen molar-refractivity contribution in [2.45, 2.75) is 20.0 Å². The number of aliphatic imine (C=N–C) groups is 1. The van der Waals surface area contributed by atoms with Crippen molar-refractivity contribution in [3.8, 4) is 0 Å². The molecule has 1 aromatic heterocycles. The standard InChI is InChI=1S/C22H32N6/c1-4-23-22(25-17-19-8-7-9-20(16-19)18-26(2)3)28-14-12-27(13-15-28)21-10-5-6-11-24-21/h5-11,16H,4,12-15,17-18H2,1-3H3,(H,23,25). The highest BCUT2D eigenvalue weighted by Gasteiger charge is 2.20. The highest BCUT2D eigenvalue weighted by molar-refractivity contribution is 5.80. The summed E-state index contributed by atoms with van der Waals surface area (Å²) >= 11 is 0. The lowest BCUT2D eigenvalue weighted by Gasteiger charge is -2.37. The summed E-state index contributed by atoms with van der Waals surface area (Å²) in [6, 6.07) is 14.8. The second-order valence-corrected chi connectivity index (χ2v) is 7.39.